The van der Waals surface area contributed by atoms with Gasteiger partial charge in [0.25, 0.3) is 0 Å². The maximum atomic E-state index is 3.73. The van der Waals surface area contributed by atoms with E-state index in [9.17, 15) is 0 Å². The summed E-state index contributed by atoms with van der Waals surface area (Å²) >= 11 is 0. The second-order valence-electron chi connectivity index (χ2n) is 6.82. The van der Waals surface area contributed by atoms with E-state index in [0.29, 0.717) is 6.04 Å². The fourth-order valence-corrected chi connectivity index (χ4v) is 3.34. The highest BCUT2D eigenvalue weighted by Crippen LogP contribution is 2.22. The lowest BCUT2D eigenvalue weighted by Gasteiger charge is -2.41. The van der Waals surface area contributed by atoms with Crippen LogP contribution in [0.2, 0.25) is 0 Å². The lowest BCUT2D eigenvalue weighted by atomic mass is 9.96. The summed E-state index contributed by atoms with van der Waals surface area (Å²) in [6.45, 7) is 12.0. The average molecular weight is 267 g/mol. The van der Waals surface area contributed by atoms with Gasteiger partial charge in [-0.2, -0.15) is 0 Å². The highest BCUT2D eigenvalue weighted by molar-refractivity contribution is 4.88. The molecular formula is C16H33N3. The van der Waals surface area contributed by atoms with Crippen LogP contribution in [0.5, 0.6) is 0 Å². The minimum atomic E-state index is 0.693. The molecule has 0 spiro atoms. The molecule has 0 aromatic heterocycles. The second-order valence-corrected chi connectivity index (χ2v) is 6.82. The monoisotopic (exact) mass is 267 g/mol. The van der Waals surface area contributed by atoms with Crippen LogP contribution in [0.4, 0.5) is 0 Å². The summed E-state index contributed by atoms with van der Waals surface area (Å²) < 4.78 is 0. The largest absolute Gasteiger partial charge is 0.312 e. The molecule has 0 amide bonds. The van der Waals surface area contributed by atoms with Gasteiger partial charge in [-0.15, -0.1) is 0 Å². The van der Waals surface area contributed by atoms with E-state index >= 15 is 0 Å². The van der Waals surface area contributed by atoms with Crippen LogP contribution in [0.3, 0.4) is 0 Å². The van der Waals surface area contributed by atoms with Crippen molar-refractivity contribution in [2.24, 2.45) is 5.92 Å². The van der Waals surface area contributed by atoms with Crippen molar-refractivity contribution in [2.45, 2.75) is 64.6 Å². The SMILES string of the molecule is CCN1CCC(N(C)C(CNC2CC2)C(C)C)CC1. The predicted molar refractivity (Wildman–Crippen MR) is 82.5 cm³/mol. The Kier molecular flexibility index (Phi) is 5.67. The summed E-state index contributed by atoms with van der Waals surface area (Å²) in [6.07, 6.45) is 5.47. The van der Waals surface area contributed by atoms with Crippen LogP contribution in [-0.4, -0.2) is 61.2 Å². The number of likely N-dealkylation sites (tertiary alicyclic amines) is 1. The van der Waals surface area contributed by atoms with Gasteiger partial charge in [0.05, 0.1) is 0 Å². The fraction of sp³-hybridized carbons (Fsp3) is 1.00. The third kappa shape index (κ3) is 4.44. The van der Waals surface area contributed by atoms with Gasteiger partial charge in [0.2, 0.25) is 0 Å². The number of piperidine rings is 1. The number of nitrogens with zero attached hydrogens (tertiary/aromatic N) is 2. The Bertz CT molecular complexity index is 255. The summed E-state index contributed by atoms with van der Waals surface area (Å²) in [5.41, 5.74) is 0. The highest BCUT2D eigenvalue weighted by atomic mass is 15.2. The molecule has 3 heteroatoms. The molecule has 2 fully saturated rings. The Labute approximate surface area is 119 Å². The zero-order valence-corrected chi connectivity index (χ0v) is 13.4. The first-order chi connectivity index (χ1) is 9.11. The molecule has 1 atom stereocenters. The Hall–Kier alpha value is -0.120. The van der Waals surface area contributed by atoms with Crippen molar-refractivity contribution in [3.8, 4) is 0 Å². The van der Waals surface area contributed by atoms with Crippen molar-refractivity contribution in [1.29, 1.82) is 0 Å². The molecule has 2 aliphatic rings. The molecule has 1 N–H and O–H groups in total. The van der Waals surface area contributed by atoms with Crippen molar-refractivity contribution < 1.29 is 0 Å². The van der Waals surface area contributed by atoms with Crippen LogP contribution in [-0.2, 0) is 0 Å². The molecule has 3 nitrogen and oxygen atoms in total. The molecule has 1 aliphatic heterocycles. The van der Waals surface area contributed by atoms with Crippen LogP contribution in [0.25, 0.3) is 0 Å². The summed E-state index contributed by atoms with van der Waals surface area (Å²) in [5, 5.41) is 3.73. The first-order valence-corrected chi connectivity index (χ1v) is 8.29. The van der Waals surface area contributed by atoms with Crippen LogP contribution in [0.1, 0.15) is 46.5 Å². The quantitative estimate of drug-likeness (QED) is 0.763. The van der Waals surface area contributed by atoms with Crippen LogP contribution >= 0.6 is 0 Å². The summed E-state index contributed by atoms with van der Waals surface area (Å²) in [4.78, 5) is 5.25. The van der Waals surface area contributed by atoms with Crippen molar-refractivity contribution in [3.63, 3.8) is 0 Å². The fourth-order valence-electron chi connectivity index (χ4n) is 3.34. The van der Waals surface area contributed by atoms with Crippen LogP contribution < -0.4 is 5.32 Å². The number of nitrogens with one attached hydrogen (secondary N) is 1. The summed E-state index contributed by atoms with van der Waals surface area (Å²) in [5.74, 6) is 0.737. The van der Waals surface area contributed by atoms with Gasteiger partial charge < -0.3 is 10.2 Å². The van der Waals surface area contributed by atoms with Gasteiger partial charge in [0.1, 0.15) is 0 Å². The minimum Gasteiger partial charge on any atom is -0.312 e. The average Bonchev–Trinajstić information content (AvgIpc) is 3.22. The zero-order valence-electron chi connectivity index (χ0n) is 13.4. The highest BCUT2D eigenvalue weighted by Gasteiger charge is 2.29. The molecular weight excluding hydrogens is 234 g/mol. The number of rotatable bonds is 7. The molecule has 0 aromatic rings. The van der Waals surface area contributed by atoms with Gasteiger partial charge in [-0.3, -0.25) is 4.90 Å². The molecule has 1 heterocycles. The number of likely N-dealkylation sites (N-methyl/N-ethyl adjacent to an activating group) is 1. The number of hydrogen-bond donors (Lipinski definition) is 1. The third-order valence-electron chi connectivity index (χ3n) is 5.07. The maximum absolute atomic E-state index is 3.73. The van der Waals surface area contributed by atoms with E-state index in [2.05, 4.69) is 42.9 Å². The lowest BCUT2D eigenvalue weighted by molar-refractivity contribution is 0.0786. The molecule has 0 bridgehead atoms. The van der Waals surface area contributed by atoms with Gasteiger partial charge in [0.15, 0.2) is 0 Å². The Morgan fingerprint density at radius 1 is 1.16 bits per heavy atom. The molecule has 1 aliphatic carbocycles. The Morgan fingerprint density at radius 3 is 2.26 bits per heavy atom. The Morgan fingerprint density at radius 2 is 1.79 bits per heavy atom. The van der Waals surface area contributed by atoms with E-state index in [1.54, 1.807) is 0 Å². The number of hydrogen-bond acceptors (Lipinski definition) is 3. The van der Waals surface area contributed by atoms with E-state index in [0.717, 1.165) is 18.0 Å². The van der Waals surface area contributed by atoms with Gasteiger partial charge in [-0.05, 0) is 58.3 Å². The van der Waals surface area contributed by atoms with Crippen molar-refractivity contribution in [2.75, 3.05) is 33.2 Å². The first kappa shape index (κ1) is 15.3. The van der Waals surface area contributed by atoms with E-state index in [1.807, 2.05) is 0 Å². The molecule has 19 heavy (non-hydrogen) atoms. The zero-order chi connectivity index (χ0) is 13.8. The predicted octanol–water partition coefficient (Wildman–Crippen LogP) is 2.18. The summed E-state index contributed by atoms with van der Waals surface area (Å²) in [7, 11) is 2.35. The van der Waals surface area contributed by atoms with Crippen LogP contribution in [0, 0.1) is 5.92 Å². The summed E-state index contributed by atoms with van der Waals surface area (Å²) in [6, 6.07) is 2.31. The molecule has 2 rings (SSSR count). The lowest BCUT2D eigenvalue weighted by Crippen LogP contribution is -2.52. The van der Waals surface area contributed by atoms with Gasteiger partial charge in [0, 0.05) is 24.7 Å². The molecule has 1 saturated carbocycles. The minimum absolute atomic E-state index is 0.693. The van der Waals surface area contributed by atoms with E-state index in [1.165, 1.54) is 51.9 Å². The molecule has 1 unspecified atom stereocenters. The van der Waals surface area contributed by atoms with E-state index in [4.69, 9.17) is 0 Å². The molecule has 0 aromatic carbocycles. The maximum Gasteiger partial charge on any atom is 0.0243 e. The van der Waals surface area contributed by atoms with Crippen molar-refractivity contribution >= 4 is 0 Å². The second kappa shape index (κ2) is 7.05. The van der Waals surface area contributed by atoms with E-state index < -0.39 is 0 Å². The third-order valence-corrected chi connectivity index (χ3v) is 5.07. The molecule has 112 valence electrons. The van der Waals surface area contributed by atoms with Crippen LogP contribution in [0.15, 0.2) is 0 Å². The normalized spacial score (nSPS) is 24.3. The van der Waals surface area contributed by atoms with E-state index in [-0.39, 0.29) is 0 Å². The topological polar surface area (TPSA) is 18.5 Å². The standard InChI is InChI=1S/C16H33N3/c1-5-19-10-8-15(9-11-19)18(4)16(13(2)3)12-17-14-6-7-14/h13-17H,5-12H2,1-4H3. The smallest absolute Gasteiger partial charge is 0.0243 e. The Balaban J connectivity index is 1.81. The van der Waals surface area contributed by atoms with Gasteiger partial charge in [-0.25, -0.2) is 0 Å². The first-order valence-electron chi connectivity index (χ1n) is 8.29. The van der Waals surface area contributed by atoms with Gasteiger partial charge in [-0.1, -0.05) is 20.8 Å². The van der Waals surface area contributed by atoms with Crippen molar-refractivity contribution in [3.05, 3.63) is 0 Å². The molecule has 0 radical (unpaired) electrons. The van der Waals surface area contributed by atoms with Gasteiger partial charge >= 0.3 is 0 Å². The van der Waals surface area contributed by atoms with Crippen molar-refractivity contribution in [1.82, 2.24) is 15.1 Å². The molecule has 1 saturated heterocycles.